The molecule has 13 heteroatoms. The summed E-state index contributed by atoms with van der Waals surface area (Å²) < 4.78 is 55.2. The molecule has 0 unspecified atom stereocenters. The van der Waals surface area contributed by atoms with E-state index in [1.54, 1.807) is 0 Å². The largest absolute Gasteiger partial charge is 2.00 e. The molecule has 0 saturated heterocycles. The Labute approximate surface area is 86.2 Å². The molecule has 0 aliphatic heterocycles. The summed E-state index contributed by atoms with van der Waals surface area (Å²) in [6, 6.07) is 0. The third-order valence-corrected chi connectivity index (χ3v) is 2.25. The molecule has 0 amide bonds. The molecule has 0 fully saturated rings. The van der Waals surface area contributed by atoms with Crippen LogP contribution in [0.2, 0.25) is 0 Å². The maximum absolute atomic E-state index is 9.20. The zero-order chi connectivity index (χ0) is 7.00. The van der Waals surface area contributed by atoms with E-state index in [0.717, 1.165) is 0 Å². The van der Waals surface area contributed by atoms with E-state index in [1.165, 1.54) is 0 Å². The quantitative estimate of drug-likeness (QED) is 0.250. The van der Waals surface area contributed by atoms with Gasteiger partial charge >= 0.3 is 17.1 Å². The molecule has 0 heterocycles. The van der Waals surface area contributed by atoms with Crippen molar-refractivity contribution in [1.82, 2.24) is 24.6 Å². The number of hydrogen-bond acceptors (Lipinski definition) is 10. The van der Waals surface area contributed by atoms with Crippen LogP contribution in [0.25, 0.3) is 0 Å². The standard InChI is InChI=1S/Cu.4H3N.H2O6S2/c;;;;;1-7(2,3)8(4,5)6/h;4*1H3;(H,1,2,3)(H,4,5,6)/q+2;;;;;/p-2. The smallest absolute Gasteiger partial charge is 0.736 e. The fourth-order valence-corrected chi connectivity index (χ4v) is 0. The van der Waals surface area contributed by atoms with E-state index >= 15 is 0 Å². The van der Waals surface area contributed by atoms with Crippen molar-refractivity contribution < 1.29 is 43.0 Å². The van der Waals surface area contributed by atoms with Crippen molar-refractivity contribution in [3.8, 4) is 0 Å². The van der Waals surface area contributed by atoms with Crippen LogP contribution in [0.1, 0.15) is 0 Å². The minimum atomic E-state index is -5.67. The van der Waals surface area contributed by atoms with Crippen LogP contribution in [-0.2, 0) is 35.4 Å². The average Bonchev–Trinajstić information content (AvgIpc) is 1.25. The molecule has 0 aliphatic rings. The van der Waals surface area contributed by atoms with Gasteiger partial charge in [-0.1, -0.05) is 0 Å². The predicted molar refractivity (Wildman–Crippen MR) is 39.5 cm³/mol. The van der Waals surface area contributed by atoms with Crippen LogP contribution in [-0.4, -0.2) is 25.9 Å². The monoisotopic (exact) mass is 291 g/mol. The Hall–Kier alpha value is 0.179. The summed E-state index contributed by atoms with van der Waals surface area (Å²) >= 11 is 0. The van der Waals surface area contributed by atoms with Gasteiger partial charge in [0.2, 0.25) is 0 Å². The van der Waals surface area contributed by atoms with Crippen LogP contribution < -0.4 is 24.6 Å². The second-order valence-corrected chi connectivity index (χ2v) is 4.90. The molecular formula is H12CuN4O6S2. The Bertz CT molecular complexity index is 235. The molecule has 0 aromatic carbocycles. The zero-order valence-electron chi connectivity index (χ0n) is 6.40. The summed E-state index contributed by atoms with van der Waals surface area (Å²) in [5, 5.41) is 0. The molecule has 1 radical (unpaired) electrons. The molecule has 0 aromatic rings. The van der Waals surface area contributed by atoms with E-state index in [1.807, 2.05) is 0 Å². The second kappa shape index (κ2) is 10.3. The summed E-state index contributed by atoms with van der Waals surface area (Å²) in [6.07, 6.45) is 0. The van der Waals surface area contributed by atoms with Gasteiger partial charge in [-0.15, -0.1) is 0 Å². The maximum atomic E-state index is 9.20. The van der Waals surface area contributed by atoms with Gasteiger partial charge in [-0.3, -0.25) is 0 Å². The van der Waals surface area contributed by atoms with Crippen molar-refractivity contribution >= 4 is 18.3 Å². The minimum Gasteiger partial charge on any atom is -0.736 e. The van der Waals surface area contributed by atoms with Gasteiger partial charge < -0.3 is 33.7 Å². The Balaban J connectivity index is -0.0000000245. The van der Waals surface area contributed by atoms with E-state index in [4.69, 9.17) is 0 Å². The van der Waals surface area contributed by atoms with Gasteiger partial charge in [-0.05, 0) is 0 Å². The minimum absolute atomic E-state index is 0. The van der Waals surface area contributed by atoms with Crippen molar-refractivity contribution in [2.75, 3.05) is 0 Å². The van der Waals surface area contributed by atoms with Crippen molar-refractivity contribution in [2.45, 2.75) is 0 Å². The molecule has 0 saturated carbocycles. The van der Waals surface area contributed by atoms with Gasteiger partial charge in [0.1, 0.15) is 0 Å². The first-order valence-corrected chi connectivity index (χ1v) is 4.50. The van der Waals surface area contributed by atoms with Crippen LogP contribution in [0.5, 0.6) is 0 Å². The zero-order valence-corrected chi connectivity index (χ0v) is 8.97. The van der Waals surface area contributed by atoms with Crippen molar-refractivity contribution in [2.24, 2.45) is 0 Å². The summed E-state index contributed by atoms with van der Waals surface area (Å²) in [5.74, 6) is 0. The Morgan fingerprint density at radius 2 is 0.692 bits per heavy atom. The number of rotatable bonds is 1. The first-order chi connectivity index (χ1) is 3.25. The fourth-order valence-electron chi connectivity index (χ4n) is 0. The van der Waals surface area contributed by atoms with E-state index in [-0.39, 0.29) is 41.7 Å². The van der Waals surface area contributed by atoms with E-state index in [9.17, 15) is 25.9 Å². The Morgan fingerprint density at radius 3 is 0.692 bits per heavy atom. The van der Waals surface area contributed by atoms with Crippen LogP contribution in [0.4, 0.5) is 0 Å². The predicted octanol–water partition coefficient (Wildman–Crippen LogP) is -1.36. The van der Waals surface area contributed by atoms with E-state index in [2.05, 4.69) is 0 Å². The molecule has 0 rings (SSSR count). The SMILES string of the molecule is N.N.N.N.O=S(=O)([O-])S(=O)(=O)[O-].[Cu+2]. The molecule has 13 heavy (non-hydrogen) atoms. The molecule has 0 aromatic heterocycles. The molecule has 0 atom stereocenters. The third-order valence-electron chi connectivity index (χ3n) is 0.250. The molecule has 12 N–H and O–H groups in total. The van der Waals surface area contributed by atoms with Crippen molar-refractivity contribution in [1.29, 1.82) is 0 Å². The summed E-state index contributed by atoms with van der Waals surface area (Å²) in [7, 11) is -11.3. The molecule has 91 valence electrons. The summed E-state index contributed by atoms with van der Waals surface area (Å²) in [5.41, 5.74) is 0. The van der Waals surface area contributed by atoms with E-state index in [0.29, 0.717) is 0 Å². The molecule has 0 bridgehead atoms. The Kier molecular flexibility index (Phi) is 29.9. The first-order valence-electron chi connectivity index (χ1n) is 1.17. The van der Waals surface area contributed by atoms with Crippen LogP contribution in [0.15, 0.2) is 0 Å². The van der Waals surface area contributed by atoms with Crippen LogP contribution >= 0.6 is 0 Å². The van der Waals surface area contributed by atoms with Crippen molar-refractivity contribution in [3.63, 3.8) is 0 Å². The van der Waals surface area contributed by atoms with Crippen LogP contribution in [0.3, 0.4) is 0 Å². The van der Waals surface area contributed by atoms with Crippen molar-refractivity contribution in [3.05, 3.63) is 0 Å². The molecule has 10 nitrogen and oxygen atoms in total. The summed E-state index contributed by atoms with van der Waals surface area (Å²) in [6.45, 7) is 0. The van der Waals surface area contributed by atoms with Gasteiger partial charge in [-0.25, -0.2) is 16.8 Å². The van der Waals surface area contributed by atoms with Gasteiger partial charge in [0.25, 0.3) is 0 Å². The third kappa shape index (κ3) is 15.0. The van der Waals surface area contributed by atoms with Gasteiger partial charge in [0, 0.05) is 0 Å². The second-order valence-electron chi connectivity index (χ2n) is 0.816. The first kappa shape index (κ1) is 37.9. The van der Waals surface area contributed by atoms with Gasteiger partial charge in [-0.2, -0.15) is 0 Å². The molecule has 0 spiro atoms. The summed E-state index contributed by atoms with van der Waals surface area (Å²) in [4.78, 5) is 0. The molecular weight excluding hydrogens is 280 g/mol. The molecule has 0 aliphatic carbocycles. The average molecular weight is 292 g/mol. The van der Waals surface area contributed by atoms with E-state index < -0.39 is 18.3 Å². The normalized spacial score (nSPS) is 8.46. The van der Waals surface area contributed by atoms with Gasteiger partial charge in [0.05, 0.1) is 0 Å². The maximum Gasteiger partial charge on any atom is 2.00 e. The van der Waals surface area contributed by atoms with Gasteiger partial charge in [0.15, 0.2) is 18.3 Å². The topological polar surface area (TPSA) is 254 Å². The number of hydrogen-bond donors (Lipinski definition) is 4. The Morgan fingerprint density at radius 1 is 0.615 bits per heavy atom. The van der Waals surface area contributed by atoms with Crippen LogP contribution in [0, 0.1) is 0 Å². The fraction of sp³-hybridized carbons (Fsp3) is 0.